The lowest BCUT2D eigenvalue weighted by Crippen LogP contribution is -2.39. The number of halogens is 1. The van der Waals surface area contributed by atoms with Crippen LogP contribution >= 0.6 is 0 Å². The van der Waals surface area contributed by atoms with E-state index in [4.69, 9.17) is 0 Å². The summed E-state index contributed by atoms with van der Waals surface area (Å²) < 4.78 is 27.8. The molecule has 2 aliphatic rings. The zero-order valence-electron chi connectivity index (χ0n) is 16.7. The molecular weight excluding hydrogens is 377 g/mol. The smallest absolute Gasteiger partial charge is 0.215 e. The van der Waals surface area contributed by atoms with Crippen molar-refractivity contribution >= 4 is 16.8 Å². The molecule has 0 radical (unpaired) electrons. The number of aromatic nitrogens is 3. The molecule has 8 heteroatoms. The first kappa shape index (κ1) is 19.5. The van der Waals surface area contributed by atoms with Crippen molar-refractivity contribution in [3.05, 3.63) is 29.3 Å². The Morgan fingerprint density at radius 2 is 2.07 bits per heavy atom. The lowest BCUT2D eigenvalue weighted by atomic mass is 9.76. The van der Waals surface area contributed by atoms with Crippen LogP contribution < -0.4 is 5.32 Å². The van der Waals surface area contributed by atoms with Gasteiger partial charge in [0, 0.05) is 48.3 Å². The minimum Gasteiger partial charge on any atom is -0.367 e. The van der Waals surface area contributed by atoms with Crippen LogP contribution in [-0.4, -0.2) is 49.1 Å². The second-order valence-corrected chi connectivity index (χ2v) is 10.1. The predicted molar refractivity (Wildman–Crippen MR) is 110 cm³/mol. The van der Waals surface area contributed by atoms with Gasteiger partial charge in [-0.3, -0.25) is 5.10 Å². The maximum Gasteiger partial charge on any atom is 0.215 e. The molecule has 4 rings (SSSR count). The van der Waals surface area contributed by atoms with E-state index in [0.717, 1.165) is 62.1 Å². The van der Waals surface area contributed by atoms with Gasteiger partial charge in [0.1, 0.15) is 5.82 Å². The standard InChI is InChI=1S/C20H28FN5OS/c1-20(2)7-4-15-16(12-20)24-25-19(15)13-10-17(21)23-18(11-13)22-14-5-8-26(9-6-14)28(3)27/h10-11,14H,4-9,12H2,1-3H3,(H,22,23)(H,24,25). The maximum atomic E-state index is 14.3. The third kappa shape index (κ3) is 4.12. The Hall–Kier alpha value is -1.80. The summed E-state index contributed by atoms with van der Waals surface area (Å²) in [5, 5.41) is 11.0. The minimum absolute atomic E-state index is 0.204. The van der Waals surface area contributed by atoms with Crippen molar-refractivity contribution in [3.63, 3.8) is 0 Å². The van der Waals surface area contributed by atoms with Gasteiger partial charge in [0.2, 0.25) is 5.95 Å². The van der Waals surface area contributed by atoms with Gasteiger partial charge >= 0.3 is 0 Å². The van der Waals surface area contributed by atoms with Gasteiger partial charge in [-0.2, -0.15) is 9.49 Å². The monoisotopic (exact) mass is 405 g/mol. The summed E-state index contributed by atoms with van der Waals surface area (Å²) in [7, 11) is -0.930. The van der Waals surface area contributed by atoms with Crippen LogP contribution in [0, 0.1) is 11.4 Å². The number of hydrogen-bond acceptors (Lipinski definition) is 4. The van der Waals surface area contributed by atoms with Crippen molar-refractivity contribution in [3.8, 4) is 11.3 Å². The van der Waals surface area contributed by atoms with Gasteiger partial charge in [-0.1, -0.05) is 13.8 Å². The van der Waals surface area contributed by atoms with Crippen molar-refractivity contribution in [2.24, 2.45) is 5.41 Å². The van der Waals surface area contributed by atoms with Crippen molar-refractivity contribution in [1.82, 2.24) is 19.5 Å². The molecule has 1 aliphatic carbocycles. The number of nitrogens with one attached hydrogen (secondary N) is 2. The summed E-state index contributed by atoms with van der Waals surface area (Å²) in [5.74, 6) is 0.0407. The molecule has 0 amide bonds. The molecule has 1 aliphatic heterocycles. The Bertz CT molecular complexity index is 889. The molecule has 2 aromatic heterocycles. The number of nitrogens with zero attached hydrogens (tertiary/aromatic N) is 3. The third-order valence-electron chi connectivity index (χ3n) is 5.90. The molecule has 1 atom stereocenters. The zero-order chi connectivity index (χ0) is 19.9. The normalized spacial score (nSPS) is 21.3. The number of anilines is 1. The Balaban J connectivity index is 1.53. The largest absolute Gasteiger partial charge is 0.367 e. The van der Waals surface area contributed by atoms with Crippen molar-refractivity contribution in [1.29, 1.82) is 0 Å². The summed E-state index contributed by atoms with van der Waals surface area (Å²) in [4.78, 5) is 4.04. The average molecular weight is 406 g/mol. The molecule has 0 aromatic carbocycles. The van der Waals surface area contributed by atoms with E-state index in [1.54, 1.807) is 6.26 Å². The van der Waals surface area contributed by atoms with Gasteiger partial charge in [-0.15, -0.1) is 0 Å². The SMILES string of the molecule is CS(=O)N1CCC(Nc2cc(-c3n[nH]c4c3CCC(C)(C)C4)cc(F)n2)CC1. The minimum atomic E-state index is -0.930. The predicted octanol–water partition coefficient (Wildman–Crippen LogP) is 3.30. The highest BCUT2D eigenvalue weighted by molar-refractivity contribution is 7.81. The number of aromatic amines is 1. The van der Waals surface area contributed by atoms with Gasteiger partial charge in [0.15, 0.2) is 0 Å². The number of H-pyrrole nitrogens is 1. The highest BCUT2D eigenvalue weighted by Gasteiger charge is 2.29. The first-order valence-electron chi connectivity index (χ1n) is 9.90. The number of hydrogen-bond donors (Lipinski definition) is 2. The lowest BCUT2D eigenvalue weighted by molar-refractivity contribution is 0.312. The topological polar surface area (TPSA) is 73.9 Å². The average Bonchev–Trinajstić information content (AvgIpc) is 3.03. The summed E-state index contributed by atoms with van der Waals surface area (Å²) in [6, 6.07) is 3.56. The molecule has 0 spiro atoms. The summed E-state index contributed by atoms with van der Waals surface area (Å²) in [6.07, 6.45) is 6.45. The molecule has 3 heterocycles. The molecule has 0 saturated carbocycles. The van der Waals surface area contributed by atoms with Crippen LogP contribution in [0.25, 0.3) is 11.3 Å². The Kier molecular flexibility index (Phi) is 5.26. The summed E-state index contributed by atoms with van der Waals surface area (Å²) >= 11 is 0. The fourth-order valence-electron chi connectivity index (χ4n) is 4.26. The maximum absolute atomic E-state index is 14.3. The molecule has 152 valence electrons. The van der Waals surface area contributed by atoms with Crippen molar-refractivity contribution < 1.29 is 8.60 Å². The summed E-state index contributed by atoms with van der Waals surface area (Å²) in [5.41, 5.74) is 4.24. The Morgan fingerprint density at radius 3 is 2.79 bits per heavy atom. The number of pyridine rings is 1. The Morgan fingerprint density at radius 1 is 1.32 bits per heavy atom. The van der Waals surface area contributed by atoms with E-state index in [9.17, 15) is 8.60 Å². The van der Waals surface area contributed by atoms with Crippen molar-refractivity contribution in [2.45, 2.75) is 52.0 Å². The van der Waals surface area contributed by atoms with E-state index in [1.165, 1.54) is 11.6 Å². The van der Waals surface area contributed by atoms with E-state index >= 15 is 0 Å². The lowest BCUT2D eigenvalue weighted by Gasteiger charge is -2.30. The van der Waals surface area contributed by atoms with Crippen LogP contribution in [-0.2, 0) is 23.8 Å². The zero-order valence-corrected chi connectivity index (χ0v) is 17.5. The van der Waals surface area contributed by atoms with Crippen LogP contribution in [0.3, 0.4) is 0 Å². The number of fused-ring (bicyclic) bond motifs is 1. The highest BCUT2D eigenvalue weighted by atomic mass is 32.2. The molecule has 1 fully saturated rings. The van der Waals surface area contributed by atoms with E-state index in [0.29, 0.717) is 5.82 Å². The van der Waals surface area contributed by atoms with Crippen LogP contribution in [0.4, 0.5) is 10.2 Å². The molecular formula is C20H28FN5OS. The molecule has 1 saturated heterocycles. The second kappa shape index (κ2) is 7.55. The fraction of sp³-hybridized carbons (Fsp3) is 0.600. The molecule has 0 bridgehead atoms. The van der Waals surface area contributed by atoms with Crippen LogP contribution in [0.15, 0.2) is 12.1 Å². The van der Waals surface area contributed by atoms with E-state index in [2.05, 4.69) is 34.3 Å². The quantitative estimate of drug-likeness (QED) is 0.766. The van der Waals surface area contributed by atoms with E-state index in [-0.39, 0.29) is 11.5 Å². The highest BCUT2D eigenvalue weighted by Crippen LogP contribution is 2.38. The number of piperidine rings is 1. The molecule has 2 aromatic rings. The molecule has 28 heavy (non-hydrogen) atoms. The van der Waals surface area contributed by atoms with Gasteiger partial charge < -0.3 is 5.32 Å². The van der Waals surface area contributed by atoms with E-state index in [1.807, 2.05) is 10.4 Å². The van der Waals surface area contributed by atoms with Gasteiger partial charge in [0.25, 0.3) is 0 Å². The Labute approximate surface area is 167 Å². The van der Waals surface area contributed by atoms with E-state index < -0.39 is 16.9 Å². The second-order valence-electron chi connectivity index (χ2n) is 8.71. The first-order valence-corrected chi connectivity index (χ1v) is 11.4. The fourth-order valence-corrected chi connectivity index (χ4v) is 4.98. The molecule has 2 N–H and O–H groups in total. The van der Waals surface area contributed by atoms with Crippen LogP contribution in [0.1, 0.15) is 44.4 Å². The van der Waals surface area contributed by atoms with Crippen LogP contribution in [0.5, 0.6) is 0 Å². The van der Waals surface area contributed by atoms with Gasteiger partial charge in [-0.25, -0.2) is 13.5 Å². The van der Waals surface area contributed by atoms with Crippen LogP contribution in [0.2, 0.25) is 0 Å². The first-order chi connectivity index (χ1) is 13.3. The molecule has 6 nitrogen and oxygen atoms in total. The summed E-state index contributed by atoms with van der Waals surface area (Å²) in [6.45, 7) is 6.07. The van der Waals surface area contributed by atoms with Gasteiger partial charge in [-0.05, 0) is 43.6 Å². The van der Waals surface area contributed by atoms with Crippen molar-refractivity contribution in [2.75, 3.05) is 24.7 Å². The molecule has 1 unspecified atom stereocenters. The van der Waals surface area contributed by atoms with Gasteiger partial charge in [0.05, 0.1) is 16.7 Å². The third-order valence-corrected chi connectivity index (χ3v) is 6.99. The number of rotatable bonds is 4.